The first-order chi connectivity index (χ1) is 13.1. The Morgan fingerprint density at radius 3 is 2.44 bits per heavy atom. The predicted octanol–water partition coefficient (Wildman–Crippen LogP) is 3.34. The lowest BCUT2D eigenvalue weighted by Gasteiger charge is -2.24. The standard InChI is InChI=1S/C20H23N3O4/c1-26-15-11-9-14(10-12-15)21-20(25)23-13-5-7-17(23)19(24)22-16-6-3-4-8-18(16)27-2/h3-4,6,8-12,17H,5,7,13H2,1-2H3,(H,21,25)(H,22,24). The number of rotatable bonds is 5. The Balaban J connectivity index is 1.66. The van der Waals surface area contributed by atoms with E-state index < -0.39 is 6.04 Å². The number of ether oxygens (including phenoxy) is 2. The van der Waals surface area contributed by atoms with Crippen LogP contribution in [-0.4, -0.2) is 43.6 Å². The highest BCUT2D eigenvalue weighted by atomic mass is 16.5. The van der Waals surface area contributed by atoms with E-state index >= 15 is 0 Å². The van der Waals surface area contributed by atoms with E-state index in [-0.39, 0.29) is 11.9 Å². The number of methoxy groups -OCH3 is 2. The third kappa shape index (κ3) is 4.31. The summed E-state index contributed by atoms with van der Waals surface area (Å²) in [6, 6.07) is 13.4. The Morgan fingerprint density at radius 2 is 1.74 bits per heavy atom. The number of amides is 3. The summed E-state index contributed by atoms with van der Waals surface area (Å²) in [5.74, 6) is 1.07. The molecule has 0 bridgehead atoms. The zero-order valence-electron chi connectivity index (χ0n) is 15.4. The molecule has 0 saturated carbocycles. The number of hydrogen-bond donors (Lipinski definition) is 2. The van der Waals surface area contributed by atoms with E-state index in [1.807, 2.05) is 12.1 Å². The van der Waals surface area contributed by atoms with Crippen molar-refractivity contribution in [3.05, 3.63) is 48.5 Å². The van der Waals surface area contributed by atoms with E-state index in [1.165, 1.54) is 0 Å². The van der Waals surface area contributed by atoms with Crippen LogP contribution in [0.1, 0.15) is 12.8 Å². The van der Waals surface area contributed by atoms with E-state index in [0.29, 0.717) is 35.8 Å². The van der Waals surface area contributed by atoms with Gasteiger partial charge in [-0.05, 0) is 49.2 Å². The number of benzene rings is 2. The minimum atomic E-state index is -0.520. The number of para-hydroxylation sites is 2. The van der Waals surface area contributed by atoms with Gasteiger partial charge in [-0.25, -0.2) is 4.79 Å². The van der Waals surface area contributed by atoms with Gasteiger partial charge in [0.2, 0.25) is 5.91 Å². The van der Waals surface area contributed by atoms with Crippen LogP contribution in [-0.2, 0) is 4.79 Å². The molecule has 7 heteroatoms. The van der Waals surface area contributed by atoms with Crippen LogP contribution in [0.3, 0.4) is 0 Å². The maximum absolute atomic E-state index is 12.7. The Kier molecular flexibility index (Phi) is 5.80. The molecule has 1 heterocycles. The molecule has 0 aliphatic carbocycles. The Hall–Kier alpha value is -3.22. The van der Waals surface area contributed by atoms with Gasteiger partial charge < -0.3 is 25.0 Å². The molecule has 3 amide bonds. The van der Waals surface area contributed by atoms with Crippen LogP contribution in [0.4, 0.5) is 16.2 Å². The highest BCUT2D eigenvalue weighted by molar-refractivity contribution is 6.00. The molecule has 2 aromatic rings. The van der Waals surface area contributed by atoms with E-state index in [0.717, 1.165) is 6.42 Å². The van der Waals surface area contributed by atoms with E-state index in [4.69, 9.17) is 9.47 Å². The maximum Gasteiger partial charge on any atom is 0.322 e. The highest BCUT2D eigenvalue weighted by Crippen LogP contribution is 2.26. The average Bonchev–Trinajstić information content (AvgIpc) is 3.19. The Labute approximate surface area is 158 Å². The zero-order valence-corrected chi connectivity index (χ0v) is 15.4. The first kappa shape index (κ1) is 18.6. The summed E-state index contributed by atoms with van der Waals surface area (Å²) in [7, 11) is 3.14. The minimum absolute atomic E-state index is 0.220. The second kappa shape index (κ2) is 8.44. The molecule has 0 aromatic heterocycles. The van der Waals surface area contributed by atoms with Gasteiger partial charge in [0.1, 0.15) is 17.5 Å². The maximum atomic E-state index is 12.7. The van der Waals surface area contributed by atoms with Crippen LogP contribution < -0.4 is 20.1 Å². The largest absolute Gasteiger partial charge is 0.497 e. The first-order valence-electron chi connectivity index (χ1n) is 8.78. The van der Waals surface area contributed by atoms with E-state index in [2.05, 4.69) is 10.6 Å². The van der Waals surface area contributed by atoms with Crippen LogP contribution in [0.15, 0.2) is 48.5 Å². The lowest BCUT2D eigenvalue weighted by Crippen LogP contribution is -2.45. The Bertz CT molecular complexity index is 807. The Morgan fingerprint density at radius 1 is 1.00 bits per heavy atom. The number of hydrogen-bond acceptors (Lipinski definition) is 4. The fourth-order valence-electron chi connectivity index (χ4n) is 3.12. The van der Waals surface area contributed by atoms with Crippen molar-refractivity contribution < 1.29 is 19.1 Å². The van der Waals surface area contributed by atoms with Crippen molar-refractivity contribution in [2.24, 2.45) is 0 Å². The fraction of sp³-hybridized carbons (Fsp3) is 0.300. The molecule has 3 rings (SSSR count). The fourth-order valence-corrected chi connectivity index (χ4v) is 3.12. The van der Waals surface area contributed by atoms with Gasteiger partial charge >= 0.3 is 6.03 Å². The molecule has 1 aliphatic rings. The molecule has 2 N–H and O–H groups in total. The summed E-state index contributed by atoms with van der Waals surface area (Å²) in [6.45, 7) is 0.534. The number of carbonyl (C=O) groups excluding carboxylic acids is 2. The first-order valence-corrected chi connectivity index (χ1v) is 8.78. The SMILES string of the molecule is COc1ccc(NC(=O)N2CCCC2C(=O)Nc2ccccc2OC)cc1. The topological polar surface area (TPSA) is 79.9 Å². The van der Waals surface area contributed by atoms with Crippen LogP contribution in [0.5, 0.6) is 11.5 Å². The van der Waals surface area contributed by atoms with Crippen LogP contribution in [0.25, 0.3) is 0 Å². The smallest absolute Gasteiger partial charge is 0.322 e. The molecular formula is C20H23N3O4. The summed E-state index contributed by atoms with van der Waals surface area (Å²) in [4.78, 5) is 26.9. The third-order valence-electron chi connectivity index (χ3n) is 4.52. The van der Waals surface area contributed by atoms with Gasteiger partial charge in [-0.1, -0.05) is 12.1 Å². The van der Waals surface area contributed by atoms with Crippen LogP contribution >= 0.6 is 0 Å². The molecule has 1 unspecified atom stereocenters. The highest BCUT2D eigenvalue weighted by Gasteiger charge is 2.34. The molecular weight excluding hydrogens is 346 g/mol. The van der Waals surface area contributed by atoms with Crippen molar-refractivity contribution in [1.29, 1.82) is 0 Å². The molecule has 1 atom stereocenters. The van der Waals surface area contributed by atoms with E-state index in [1.54, 1.807) is 55.5 Å². The van der Waals surface area contributed by atoms with Gasteiger partial charge in [0.15, 0.2) is 0 Å². The van der Waals surface area contributed by atoms with Crippen LogP contribution in [0.2, 0.25) is 0 Å². The monoisotopic (exact) mass is 369 g/mol. The molecule has 1 aliphatic heterocycles. The third-order valence-corrected chi connectivity index (χ3v) is 4.52. The summed E-state index contributed by atoms with van der Waals surface area (Å²) < 4.78 is 10.4. The van der Waals surface area contributed by atoms with Gasteiger partial charge in [0.05, 0.1) is 19.9 Å². The molecule has 0 spiro atoms. The van der Waals surface area contributed by atoms with Gasteiger partial charge in [-0.2, -0.15) is 0 Å². The van der Waals surface area contributed by atoms with E-state index in [9.17, 15) is 9.59 Å². The van der Waals surface area contributed by atoms with Crippen molar-refractivity contribution in [2.75, 3.05) is 31.4 Å². The van der Waals surface area contributed by atoms with Crippen molar-refractivity contribution in [2.45, 2.75) is 18.9 Å². The number of nitrogens with one attached hydrogen (secondary N) is 2. The quantitative estimate of drug-likeness (QED) is 0.847. The second-order valence-corrected chi connectivity index (χ2v) is 6.20. The number of carbonyl (C=O) groups is 2. The zero-order chi connectivity index (χ0) is 19.2. The number of nitrogens with zero attached hydrogens (tertiary/aromatic N) is 1. The molecule has 1 saturated heterocycles. The van der Waals surface area contributed by atoms with Gasteiger partial charge in [0.25, 0.3) is 0 Å². The normalized spacial score (nSPS) is 15.9. The minimum Gasteiger partial charge on any atom is -0.497 e. The van der Waals surface area contributed by atoms with Gasteiger partial charge in [-0.15, -0.1) is 0 Å². The van der Waals surface area contributed by atoms with Gasteiger partial charge in [0, 0.05) is 12.2 Å². The number of urea groups is 1. The van der Waals surface area contributed by atoms with Crippen LogP contribution in [0, 0.1) is 0 Å². The summed E-state index contributed by atoms with van der Waals surface area (Å²) in [5.41, 5.74) is 1.24. The van der Waals surface area contributed by atoms with Crippen molar-refractivity contribution >= 4 is 23.3 Å². The van der Waals surface area contributed by atoms with Crippen molar-refractivity contribution in [3.8, 4) is 11.5 Å². The predicted molar refractivity (Wildman–Crippen MR) is 103 cm³/mol. The van der Waals surface area contributed by atoms with Crippen molar-refractivity contribution in [3.63, 3.8) is 0 Å². The molecule has 142 valence electrons. The number of anilines is 2. The summed E-state index contributed by atoms with van der Waals surface area (Å²) in [5, 5.41) is 5.70. The number of likely N-dealkylation sites (tertiary alicyclic amines) is 1. The lowest BCUT2D eigenvalue weighted by atomic mass is 10.2. The van der Waals surface area contributed by atoms with Gasteiger partial charge in [-0.3, -0.25) is 4.79 Å². The van der Waals surface area contributed by atoms with Crippen molar-refractivity contribution in [1.82, 2.24) is 4.90 Å². The molecule has 7 nitrogen and oxygen atoms in total. The molecule has 1 fully saturated rings. The summed E-state index contributed by atoms with van der Waals surface area (Å²) in [6.07, 6.45) is 1.40. The summed E-state index contributed by atoms with van der Waals surface area (Å²) >= 11 is 0. The average molecular weight is 369 g/mol. The lowest BCUT2D eigenvalue weighted by molar-refractivity contribution is -0.119. The second-order valence-electron chi connectivity index (χ2n) is 6.20. The molecule has 2 aromatic carbocycles. The molecule has 27 heavy (non-hydrogen) atoms. The molecule has 0 radical (unpaired) electrons.